The van der Waals surface area contributed by atoms with E-state index in [4.69, 9.17) is 23.2 Å². The first kappa shape index (κ1) is 25.8. The molecule has 1 aliphatic rings. The van der Waals surface area contributed by atoms with Gasteiger partial charge >= 0.3 is 0 Å². The number of hydrogen-bond donors (Lipinski definition) is 2. The highest BCUT2D eigenvalue weighted by Gasteiger charge is 2.29. The smallest absolute Gasteiger partial charge is 0.0948 e. The largest absolute Gasteiger partial charge is 0.334 e. The van der Waals surface area contributed by atoms with E-state index >= 15 is 0 Å². The Bertz CT molecular complexity index is 885. The van der Waals surface area contributed by atoms with Crippen LogP contribution in [0.2, 0.25) is 10.0 Å². The second-order valence-corrected chi connectivity index (χ2v) is 8.57. The maximum absolute atomic E-state index is 6.30. The SMILES string of the molecule is Cl.Cl.Clc1cccc(Cl)c1NNC1CCCC(Cc2ccccc2)C(n2ccnc2)C1. The second-order valence-electron chi connectivity index (χ2n) is 7.76. The molecule has 0 spiro atoms. The molecule has 2 aromatic carbocycles. The van der Waals surface area contributed by atoms with E-state index in [1.165, 1.54) is 18.4 Å². The topological polar surface area (TPSA) is 41.9 Å². The molecule has 31 heavy (non-hydrogen) atoms. The lowest BCUT2D eigenvalue weighted by Gasteiger charge is -2.29. The van der Waals surface area contributed by atoms with E-state index in [0.717, 1.165) is 24.9 Å². The van der Waals surface area contributed by atoms with E-state index in [1.54, 1.807) is 0 Å². The Morgan fingerprint density at radius 1 is 0.968 bits per heavy atom. The van der Waals surface area contributed by atoms with Crippen molar-refractivity contribution in [2.45, 2.75) is 44.2 Å². The van der Waals surface area contributed by atoms with Crippen molar-refractivity contribution >= 4 is 53.7 Å². The summed E-state index contributed by atoms with van der Waals surface area (Å²) in [5.41, 5.74) is 8.89. The van der Waals surface area contributed by atoms with Gasteiger partial charge < -0.3 is 9.99 Å². The third-order valence-corrected chi connectivity index (χ3v) is 6.44. The molecule has 1 saturated carbocycles. The van der Waals surface area contributed by atoms with Crippen molar-refractivity contribution in [2.75, 3.05) is 5.43 Å². The number of halogens is 4. The third kappa shape index (κ3) is 6.77. The zero-order chi connectivity index (χ0) is 20.1. The van der Waals surface area contributed by atoms with Gasteiger partial charge in [-0.1, -0.05) is 66.0 Å². The second kappa shape index (κ2) is 12.6. The molecule has 1 fully saturated rings. The van der Waals surface area contributed by atoms with Crippen molar-refractivity contribution in [3.05, 3.63) is 82.9 Å². The fourth-order valence-corrected chi connectivity index (χ4v) is 4.82. The summed E-state index contributed by atoms with van der Waals surface area (Å²) >= 11 is 12.6. The van der Waals surface area contributed by atoms with Crippen LogP contribution in [0.15, 0.2) is 67.3 Å². The van der Waals surface area contributed by atoms with Crippen molar-refractivity contribution < 1.29 is 0 Å². The standard InChI is InChI=1S/C23H26Cl2N4.2ClH/c24-20-10-5-11-21(25)23(20)28-27-19-9-4-8-18(14-17-6-2-1-3-7-17)22(15-19)29-13-12-26-16-29;;/h1-3,5-7,10-13,16,18-19,22,27-28H,4,8-9,14-15H2;2*1H. The van der Waals surface area contributed by atoms with Crippen LogP contribution in [0.25, 0.3) is 0 Å². The molecule has 0 bridgehead atoms. The van der Waals surface area contributed by atoms with E-state index in [9.17, 15) is 0 Å². The Morgan fingerprint density at radius 3 is 2.39 bits per heavy atom. The number of aromatic nitrogens is 2. The molecular formula is C23H28Cl4N4. The van der Waals surface area contributed by atoms with Crippen LogP contribution in [0.1, 0.15) is 37.3 Å². The number of rotatable bonds is 6. The highest BCUT2D eigenvalue weighted by atomic mass is 35.5. The maximum Gasteiger partial charge on any atom is 0.0948 e. The van der Waals surface area contributed by atoms with Gasteiger partial charge in [0.2, 0.25) is 0 Å². The van der Waals surface area contributed by atoms with E-state index in [1.807, 2.05) is 30.7 Å². The van der Waals surface area contributed by atoms with E-state index < -0.39 is 0 Å². The predicted octanol–water partition coefficient (Wildman–Crippen LogP) is 6.99. The van der Waals surface area contributed by atoms with Gasteiger partial charge in [-0.15, -0.1) is 24.8 Å². The molecule has 8 heteroatoms. The first-order valence-corrected chi connectivity index (χ1v) is 10.9. The van der Waals surface area contributed by atoms with Crippen LogP contribution in [-0.4, -0.2) is 15.6 Å². The van der Waals surface area contributed by atoms with Gasteiger partial charge in [0.15, 0.2) is 0 Å². The van der Waals surface area contributed by atoms with Gasteiger partial charge in [-0.3, -0.25) is 0 Å². The van der Waals surface area contributed by atoms with Gasteiger partial charge in [0.05, 0.1) is 22.1 Å². The van der Waals surface area contributed by atoms with Gasteiger partial charge in [-0.25, -0.2) is 10.4 Å². The summed E-state index contributed by atoms with van der Waals surface area (Å²) in [5, 5.41) is 1.23. The van der Waals surface area contributed by atoms with Crippen LogP contribution < -0.4 is 10.9 Å². The Hall–Kier alpha value is -1.43. The summed E-state index contributed by atoms with van der Waals surface area (Å²) in [7, 11) is 0. The summed E-state index contributed by atoms with van der Waals surface area (Å²) < 4.78 is 2.27. The third-order valence-electron chi connectivity index (χ3n) is 5.81. The molecule has 1 heterocycles. The van der Waals surface area contributed by atoms with Crippen LogP contribution in [0, 0.1) is 5.92 Å². The minimum absolute atomic E-state index is 0. The molecule has 4 rings (SSSR count). The Kier molecular flexibility index (Phi) is 10.5. The first-order chi connectivity index (χ1) is 14.2. The number of para-hydroxylation sites is 1. The number of benzene rings is 2. The fourth-order valence-electron chi connectivity index (χ4n) is 4.33. The molecular weight excluding hydrogens is 474 g/mol. The van der Waals surface area contributed by atoms with Gasteiger partial charge in [0, 0.05) is 24.5 Å². The molecule has 168 valence electrons. The normalized spacial score (nSPS) is 20.8. The van der Waals surface area contributed by atoms with Gasteiger partial charge in [-0.2, -0.15) is 0 Å². The summed E-state index contributed by atoms with van der Waals surface area (Å²) in [6.45, 7) is 0. The molecule has 0 saturated heterocycles. The van der Waals surface area contributed by atoms with E-state index in [-0.39, 0.29) is 24.8 Å². The quantitative estimate of drug-likeness (QED) is 0.282. The summed E-state index contributed by atoms with van der Waals surface area (Å²) in [6.07, 6.45) is 11.5. The van der Waals surface area contributed by atoms with E-state index in [0.29, 0.717) is 28.0 Å². The highest BCUT2D eigenvalue weighted by molar-refractivity contribution is 6.39. The Balaban J connectivity index is 0.00000171. The van der Waals surface area contributed by atoms with Crippen molar-refractivity contribution in [3.8, 4) is 0 Å². The lowest BCUT2D eigenvalue weighted by Crippen LogP contribution is -2.36. The average Bonchev–Trinajstić information content (AvgIpc) is 3.18. The van der Waals surface area contributed by atoms with Crippen LogP contribution in [0.3, 0.4) is 0 Å². The number of hydrogen-bond acceptors (Lipinski definition) is 3. The minimum atomic E-state index is 0. The monoisotopic (exact) mass is 500 g/mol. The van der Waals surface area contributed by atoms with Gasteiger partial charge in [0.1, 0.15) is 0 Å². The summed E-state index contributed by atoms with van der Waals surface area (Å²) in [4.78, 5) is 4.30. The zero-order valence-electron chi connectivity index (χ0n) is 17.1. The van der Waals surface area contributed by atoms with Crippen molar-refractivity contribution in [1.82, 2.24) is 15.0 Å². The molecule has 3 aromatic rings. The summed E-state index contributed by atoms with van der Waals surface area (Å²) in [5.74, 6) is 0.572. The molecule has 0 amide bonds. The molecule has 0 aliphatic heterocycles. The molecule has 1 aliphatic carbocycles. The molecule has 3 atom stereocenters. The van der Waals surface area contributed by atoms with Crippen molar-refractivity contribution in [1.29, 1.82) is 0 Å². The summed E-state index contributed by atoms with van der Waals surface area (Å²) in [6, 6.07) is 17.0. The lowest BCUT2D eigenvalue weighted by molar-refractivity contribution is 0.294. The molecule has 4 nitrogen and oxygen atoms in total. The first-order valence-electron chi connectivity index (χ1n) is 10.2. The number of anilines is 1. The number of hydrazine groups is 1. The fraction of sp³-hybridized carbons (Fsp3) is 0.348. The van der Waals surface area contributed by atoms with Crippen LogP contribution in [0.4, 0.5) is 5.69 Å². The van der Waals surface area contributed by atoms with Gasteiger partial charge in [-0.05, 0) is 49.3 Å². The maximum atomic E-state index is 6.30. The molecule has 2 N–H and O–H groups in total. The minimum Gasteiger partial charge on any atom is -0.334 e. The van der Waals surface area contributed by atoms with E-state index in [2.05, 4.69) is 56.9 Å². The van der Waals surface area contributed by atoms with Crippen molar-refractivity contribution in [2.24, 2.45) is 5.92 Å². The Morgan fingerprint density at radius 2 is 1.71 bits per heavy atom. The van der Waals surface area contributed by atoms with Gasteiger partial charge in [0.25, 0.3) is 0 Å². The van der Waals surface area contributed by atoms with Crippen LogP contribution in [0.5, 0.6) is 0 Å². The predicted molar refractivity (Wildman–Crippen MR) is 135 cm³/mol. The van der Waals surface area contributed by atoms with Crippen LogP contribution >= 0.6 is 48.0 Å². The van der Waals surface area contributed by atoms with Crippen LogP contribution in [-0.2, 0) is 6.42 Å². The number of imidazole rings is 1. The number of nitrogens with zero attached hydrogens (tertiary/aromatic N) is 2. The molecule has 0 radical (unpaired) electrons. The molecule has 1 aromatic heterocycles. The lowest BCUT2D eigenvalue weighted by atomic mass is 9.88. The Labute approximate surface area is 206 Å². The number of nitrogens with one attached hydrogen (secondary N) is 2. The van der Waals surface area contributed by atoms with Crippen molar-refractivity contribution in [3.63, 3.8) is 0 Å². The molecule has 3 unspecified atom stereocenters. The zero-order valence-corrected chi connectivity index (χ0v) is 20.2. The average molecular weight is 502 g/mol. The highest BCUT2D eigenvalue weighted by Crippen LogP contribution is 2.36.